The van der Waals surface area contributed by atoms with E-state index in [1.54, 1.807) is 38.5 Å². The fourth-order valence-corrected chi connectivity index (χ4v) is 7.18. The molecule has 0 aliphatic heterocycles. The number of fused-ring (bicyclic) bond motifs is 3. The highest BCUT2D eigenvalue weighted by molar-refractivity contribution is 14.1. The number of pyridine rings is 1. The van der Waals surface area contributed by atoms with E-state index in [0.717, 1.165) is 0 Å². The number of halogens is 2. The molecular weight excluding hydrogens is 688 g/mol. The molecule has 2 aromatic rings. The Hall–Kier alpha value is -3.56. The summed E-state index contributed by atoms with van der Waals surface area (Å²) in [6, 6.07) is 4.01. The Morgan fingerprint density at radius 1 is 1.27 bits per heavy atom. The standard InChI is InChI=1S/C31H33FIN3O8/c1-36(2)24-19-10-15-9-18-17(14-5-7-20(44-3)35-12-14)8-13(4-6-16(33)11-32)25(37)22(18)26(38)21(15)28(40)31(19,43)29(41)23(27(24)39)30(34)42/h5,7-8,12,15-16,19,24,37-38,41,43H,4,6,9-11H2,1-3H3,(H2,34,42)/t15-,16?,19-,24-,31-/m0/s1. The maximum atomic E-state index is 14.2. The van der Waals surface area contributed by atoms with E-state index in [1.807, 2.05) is 22.6 Å². The van der Waals surface area contributed by atoms with Crippen LogP contribution in [0.2, 0.25) is 0 Å². The number of rotatable bonds is 8. The van der Waals surface area contributed by atoms with E-state index in [4.69, 9.17) is 10.5 Å². The lowest BCUT2D eigenvalue weighted by molar-refractivity contribution is -0.153. The number of nitrogens with zero attached hydrogens (tertiary/aromatic N) is 2. The molecule has 1 fully saturated rings. The third-order valence-corrected chi connectivity index (χ3v) is 9.91. The van der Waals surface area contributed by atoms with Crippen LogP contribution in [0.25, 0.3) is 16.9 Å². The fourth-order valence-electron chi connectivity index (χ4n) is 6.87. The van der Waals surface area contributed by atoms with Gasteiger partial charge in [0.15, 0.2) is 11.4 Å². The van der Waals surface area contributed by atoms with Crippen molar-refractivity contribution in [2.24, 2.45) is 17.6 Å². The number of Topliss-reactive ketones (excluding diaryl/α,β-unsaturated/α-hetero) is 2. The van der Waals surface area contributed by atoms with Gasteiger partial charge in [-0.1, -0.05) is 22.6 Å². The van der Waals surface area contributed by atoms with Crippen LogP contribution in [0.15, 0.2) is 41.3 Å². The zero-order valence-corrected chi connectivity index (χ0v) is 26.5. The molecular formula is C31H33FIN3O8. The molecule has 6 N–H and O–H groups in total. The molecule has 5 rings (SSSR count). The summed E-state index contributed by atoms with van der Waals surface area (Å²) < 4.78 is 18.1. The van der Waals surface area contributed by atoms with Gasteiger partial charge in [-0.3, -0.25) is 19.3 Å². The highest BCUT2D eigenvalue weighted by Crippen LogP contribution is 2.54. The predicted molar refractivity (Wildman–Crippen MR) is 166 cm³/mol. The maximum absolute atomic E-state index is 14.2. The van der Waals surface area contributed by atoms with Crippen LogP contribution in [0.5, 0.6) is 11.6 Å². The summed E-state index contributed by atoms with van der Waals surface area (Å²) in [7, 11) is 4.58. The quantitative estimate of drug-likeness (QED) is 0.154. The minimum Gasteiger partial charge on any atom is -0.508 e. The number of aliphatic hydroxyl groups is 3. The molecule has 1 aromatic heterocycles. The number of benzene rings is 1. The first kappa shape index (κ1) is 31.9. The van der Waals surface area contributed by atoms with Crippen LogP contribution >= 0.6 is 22.6 Å². The zero-order chi connectivity index (χ0) is 32.2. The van der Waals surface area contributed by atoms with Crippen molar-refractivity contribution in [3.63, 3.8) is 0 Å². The van der Waals surface area contributed by atoms with Crippen molar-refractivity contribution in [2.75, 3.05) is 27.9 Å². The number of ketones is 2. The maximum Gasteiger partial charge on any atom is 0.255 e. The summed E-state index contributed by atoms with van der Waals surface area (Å²) in [6.07, 6.45) is 2.33. The SMILES string of the molecule is COc1ccc(-c2cc(CCC(I)CF)c(O)c3c2C[C@H]2C[C@H]4[C@H](N(C)C)C(=O)C(C(N)=O)=C(O)[C@@]4(O)C(=O)C2=C3O)cn1. The number of phenolic OH excluding ortho intramolecular Hbond substituents is 1. The number of carbonyl (C=O) groups excluding carboxylic acids is 3. The van der Waals surface area contributed by atoms with Gasteiger partial charge < -0.3 is 30.9 Å². The number of likely N-dealkylation sites (N-methyl/N-ethyl adjacent to an activating group) is 1. The van der Waals surface area contributed by atoms with Crippen molar-refractivity contribution in [2.45, 2.75) is 41.3 Å². The minimum atomic E-state index is -2.73. The van der Waals surface area contributed by atoms with Crippen molar-refractivity contribution in [3.8, 4) is 22.8 Å². The predicted octanol–water partition coefficient (Wildman–Crippen LogP) is 2.74. The van der Waals surface area contributed by atoms with Gasteiger partial charge >= 0.3 is 0 Å². The summed E-state index contributed by atoms with van der Waals surface area (Å²) >= 11 is 1.98. The van der Waals surface area contributed by atoms with Gasteiger partial charge in [-0.25, -0.2) is 9.37 Å². The monoisotopic (exact) mass is 721 g/mol. The highest BCUT2D eigenvalue weighted by Gasteiger charge is 2.64. The lowest BCUT2D eigenvalue weighted by atomic mass is 9.57. The van der Waals surface area contributed by atoms with Gasteiger partial charge in [0, 0.05) is 33.2 Å². The number of ether oxygens (including phenoxy) is 1. The van der Waals surface area contributed by atoms with E-state index in [2.05, 4.69) is 4.98 Å². The Morgan fingerprint density at radius 2 is 1.98 bits per heavy atom. The lowest BCUT2D eigenvalue weighted by Gasteiger charge is -2.50. The number of hydrogen-bond acceptors (Lipinski definition) is 10. The Morgan fingerprint density at radius 3 is 2.55 bits per heavy atom. The van der Waals surface area contributed by atoms with E-state index in [1.165, 1.54) is 12.0 Å². The van der Waals surface area contributed by atoms with Crippen molar-refractivity contribution < 1.29 is 43.9 Å². The molecule has 0 radical (unpaired) electrons. The number of aromatic nitrogens is 1. The summed E-state index contributed by atoms with van der Waals surface area (Å²) in [4.78, 5) is 45.5. The van der Waals surface area contributed by atoms with E-state index in [9.17, 15) is 39.2 Å². The second-order valence-electron chi connectivity index (χ2n) is 11.6. The molecule has 1 amide bonds. The first-order valence-corrected chi connectivity index (χ1v) is 15.2. The Balaban J connectivity index is 1.74. The smallest absolute Gasteiger partial charge is 0.255 e. The number of aromatic hydroxyl groups is 1. The molecule has 0 spiro atoms. The van der Waals surface area contributed by atoms with Crippen molar-refractivity contribution >= 4 is 45.8 Å². The van der Waals surface area contributed by atoms with E-state index < -0.39 is 64.7 Å². The number of primary amides is 1. The number of nitrogens with two attached hydrogens (primary N) is 1. The average molecular weight is 722 g/mol. The van der Waals surface area contributed by atoms with Gasteiger partial charge in [0.25, 0.3) is 5.91 Å². The van der Waals surface area contributed by atoms with Gasteiger partial charge in [0.1, 0.15) is 29.5 Å². The molecule has 1 saturated carbocycles. The van der Waals surface area contributed by atoms with Crippen molar-refractivity contribution in [3.05, 3.63) is 58.0 Å². The Kier molecular flexibility index (Phi) is 8.50. The molecule has 0 saturated heterocycles. The molecule has 3 aliphatic carbocycles. The molecule has 234 valence electrons. The first-order valence-electron chi connectivity index (χ1n) is 14.0. The van der Waals surface area contributed by atoms with Gasteiger partial charge in [0.05, 0.1) is 18.7 Å². The number of aliphatic hydroxyl groups excluding tert-OH is 2. The normalized spacial score (nSPS) is 25.5. The molecule has 13 heteroatoms. The minimum absolute atomic E-state index is 0.0186. The van der Waals surface area contributed by atoms with Crippen LogP contribution < -0.4 is 10.5 Å². The van der Waals surface area contributed by atoms with E-state index in [-0.39, 0.29) is 40.1 Å². The summed E-state index contributed by atoms with van der Waals surface area (Å²) in [6.45, 7) is -0.562. The molecule has 44 heavy (non-hydrogen) atoms. The highest BCUT2D eigenvalue weighted by atomic mass is 127. The van der Waals surface area contributed by atoms with Crippen LogP contribution in [-0.4, -0.2) is 91.2 Å². The largest absolute Gasteiger partial charge is 0.508 e. The number of phenols is 1. The van der Waals surface area contributed by atoms with Crippen molar-refractivity contribution in [1.29, 1.82) is 0 Å². The van der Waals surface area contributed by atoms with Crippen LogP contribution in [0, 0.1) is 11.8 Å². The Bertz CT molecular complexity index is 1620. The second-order valence-corrected chi connectivity index (χ2v) is 13.4. The molecule has 1 unspecified atom stereocenters. The molecule has 1 heterocycles. The second kappa shape index (κ2) is 11.7. The zero-order valence-electron chi connectivity index (χ0n) is 24.3. The van der Waals surface area contributed by atoms with Crippen LogP contribution in [0.1, 0.15) is 29.5 Å². The van der Waals surface area contributed by atoms with Crippen LogP contribution in [0.3, 0.4) is 0 Å². The van der Waals surface area contributed by atoms with Crippen LogP contribution in [0.4, 0.5) is 4.39 Å². The summed E-state index contributed by atoms with van der Waals surface area (Å²) in [5.41, 5.74) is 3.73. The van der Waals surface area contributed by atoms with Crippen LogP contribution in [-0.2, 0) is 27.2 Å². The third kappa shape index (κ3) is 4.85. The van der Waals surface area contributed by atoms with E-state index in [0.29, 0.717) is 34.6 Å². The number of aryl methyl sites for hydroxylation is 1. The average Bonchev–Trinajstić information content (AvgIpc) is 2.98. The fraction of sp³-hybridized carbons (Fsp3) is 0.419. The number of amides is 1. The topological polar surface area (TPSA) is 184 Å². The van der Waals surface area contributed by atoms with Gasteiger partial charge in [-0.15, -0.1) is 0 Å². The lowest BCUT2D eigenvalue weighted by Crippen LogP contribution is -2.65. The van der Waals surface area contributed by atoms with E-state index >= 15 is 0 Å². The molecule has 0 bridgehead atoms. The molecule has 11 nitrogen and oxygen atoms in total. The Labute approximate surface area is 266 Å². The number of hydrogen-bond donors (Lipinski definition) is 5. The summed E-state index contributed by atoms with van der Waals surface area (Å²) in [5, 5.41) is 46.1. The molecule has 3 aliphatic rings. The number of methoxy groups -OCH3 is 1. The number of carbonyl (C=O) groups is 3. The third-order valence-electron chi connectivity index (χ3n) is 8.95. The molecule has 5 atom stereocenters. The van der Waals surface area contributed by atoms with Gasteiger partial charge in [-0.05, 0) is 74.5 Å². The first-order chi connectivity index (χ1) is 20.8. The van der Waals surface area contributed by atoms with Crippen molar-refractivity contribution in [1.82, 2.24) is 9.88 Å². The summed E-state index contributed by atoms with van der Waals surface area (Å²) in [5.74, 6) is -6.74. The van der Waals surface area contributed by atoms with Gasteiger partial charge in [-0.2, -0.15) is 0 Å². The number of alkyl halides is 2. The molecule has 1 aromatic carbocycles. The van der Waals surface area contributed by atoms with Gasteiger partial charge in [0.2, 0.25) is 11.7 Å².